The number of hydrogen-bond acceptors (Lipinski definition) is 3. The normalized spacial score (nSPS) is 11.4. The third-order valence-corrected chi connectivity index (χ3v) is 1.43. The molecule has 0 bridgehead atoms. The van der Waals surface area contributed by atoms with E-state index in [1.54, 1.807) is 6.08 Å². The summed E-state index contributed by atoms with van der Waals surface area (Å²) in [6.07, 6.45) is 0.796. The second-order valence-electron chi connectivity index (χ2n) is 5.44. The van der Waals surface area contributed by atoms with Gasteiger partial charge in [0.15, 0.2) is 0 Å². The van der Waals surface area contributed by atoms with Gasteiger partial charge in [0.1, 0.15) is 6.61 Å². The van der Waals surface area contributed by atoms with Crippen molar-refractivity contribution in [3.8, 4) is 0 Å². The van der Waals surface area contributed by atoms with Crippen molar-refractivity contribution in [2.45, 2.75) is 46.6 Å². The van der Waals surface area contributed by atoms with Gasteiger partial charge in [0.05, 0.1) is 5.60 Å². The summed E-state index contributed by atoms with van der Waals surface area (Å²) in [5, 5.41) is 13.9. The molecule has 17 heavy (non-hydrogen) atoms. The molecule has 102 valence electrons. The van der Waals surface area contributed by atoms with Crippen LogP contribution in [0.5, 0.6) is 0 Å². The molecule has 5 heteroatoms. The van der Waals surface area contributed by atoms with Crippen molar-refractivity contribution in [2.75, 3.05) is 6.61 Å². The van der Waals surface area contributed by atoms with E-state index in [4.69, 9.17) is 24.8 Å². The summed E-state index contributed by atoms with van der Waals surface area (Å²) in [4.78, 5) is 18.8. The summed E-state index contributed by atoms with van der Waals surface area (Å²) in [6.45, 7) is 14.6. The van der Waals surface area contributed by atoms with Crippen LogP contribution in [0.3, 0.4) is 0 Å². The fourth-order valence-electron chi connectivity index (χ4n) is 1.55. The fraction of sp³-hybridized carbons (Fsp3) is 0.750. The molecule has 0 aromatic carbocycles. The highest BCUT2D eigenvalue weighted by Crippen LogP contribution is 2.29. The summed E-state index contributed by atoms with van der Waals surface area (Å²) in [6, 6.07) is 0. The van der Waals surface area contributed by atoms with E-state index in [1.807, 2.05) is 13.8 Å². The van der Waals surface area contributed by atoms with Crippen molar-refractivity contribution in [1.29, 1.82) is 0 Å². The maximum Gasteiger partial charge on any atom is 0.503 e. The lowest BCUT2D eigenvalue weighted by Gasteiger charge is -2.30. The average Bonchev–Trinajstić information content (AvgIpc) is 1.97. The average molecular weight is 248 g/mol. The molecule has 0 saturated carbocycles. The first kappa shape index (κ1) is 18.3. The van der Waals surface area contributed by atoms with E-state index in [2.05, 4.69) is 27.4 Å². The van der Waals surface area contributed by atoms with Gasteiger partial charge in [-0.15, -0.1) is 6.58 Å². The van der Waals surface area contributed by atoms with Crippen molar-refractivity contribution < 1.29 is 24.8 Å². The first-order valence-corrected chi connectivity index (χ1v) is 5.33. The second kappa shape index (κ2) is 8.08. The molecule has 0 aliphatic heterocycles. The molecule has 0 rings (SSSR count). The van der Waals surface area contributed by atoms with Crippen molar-refractivity contribution in [1.82, 2.24) is 0 Å². The summed E-state index contributed by atoms with van der Waals surface area (Å²) in [5.74, 6) is 0. The summed E-state index contributed by atoms with van der Waals surface area (Å²) in [5.41, 5.74) is 0.0162. The molecular weight excluding hydrogens is 224 g/mol. The molecule has 0 heterocycles. The van der Waals surface area contributed by atoms with E-state index in [1.165, 1.54) is 0 Å². The quantitative estimate of drug-likeness (QED) is 0.337. The lowest BCUT2D eigenvalue weighted by molar-refractivity contribution is -0.351. The van der Waals surface area contributed by atoms with Gasteiger partial charge >= 0.3 is 6.16 Å². The SMILES string of the molecule is C=CCOOC(C)(C)CC(C)(C)C.O=C(O)O. The largest absolute Gasteiger partial charge is 0.503 e. The van der Waals surface area contributed by atoms with Crippen LogP contribution in [0.4, 0.5) is 4.79 Å². The van der Waals surface area contributed by atoms with Crippen molar-refractivity contribution in [3.63, 3.8) is 0 Å². The molecule has 0 amide bonds. The lowest BCUT2D eigenvalue weighted by Crippen LogP contribution is -2.30. The molecule has 0 atom stereocenters. The summed E-state index contributed by atoms with van der Waals surface area (Å²) in [7, 11) is 0. The third kappa shape index (κ3) is 20.9. The van der Waals surface area contributed by atoms with Gasteiger partial charge < -0.3 is 10.2 Å². The first-order valence-electron chi connectivity index (χ1n) is 5.33. The van der Waals surface area contributed by atoms with Crippen molar-refractivity contribution >= 4 is 6.16 Å². The Bertz CT molecular complexity index is 224. The maximum atomic E-state index is 8.56. The number of carbonyl (C=O) groups is 1. The standard InChI is InChI=1S/C11H22O2.CH2O3/c1-7-8-12-13-11(5,6)9-10(2,3)4;2-1(3)4/h7H,1,8-9H2,2-6H3;(H2,2,3,4). The van der Waals surface area contributed by atoms with Crippen LogP contribution in [0.1, 0.15) is 41.0 Å². The predicted molar refractivity (Wildman–Crippen MR) is 66.0 cm³/mol. The Morgan fingerprint density at radius 2 is 1.65 bits per heavy atom. The van der Waals surface area contributed by atoms with Gasteiger partial charge in [0.2, 0.25) is 0 Å². The highest BCUT2D eigenvalue weighted by atomic mass is 17.2. The summed E-state index contributed by atoms with van der Waals surface area (Å²) < 4.78 is 0. The van der Waals surface area contributed by atoms with Gasteiger partial charge in [0.25, 0.3) is 0 Å². The molecule has 0 saturated heterocycles. The van der Waals surface area contributed by atoms with Crippen LogP contribution in [0, 0.1) is 5.41 Å². The van der Waals surface area contributed by atoms with E-state index in [-0.39, 0.29) is 11.0 Å². The van der Waals surface area contributed by atoms with Crippen LogP contribution in [0.25, 0.3) is 0 Å². The van der Waals surface area contributed by atoms with E-state index in [0.29, 0.717) is 6.61 Å². The number of carboxylic acid groups (broad SMARTS) is 2. The minimum atomic E-state index is -1.83. The highest BCUT2D eigenvalue weighted by Gasteiger charge is 2.27. The van der Waals surface area contributed by atoms with E-state index in [9.17, 15) is 0 Å². The molecule has 2 N–H and O–H groups in total. The van der Waals surface area contributed by atoms with Gasteiger partial charge in [-0.1, -0.05) is 26.8 Å². The third-order valence-electron chi connectivity index (χ3n) is 1.43. The number of hydrogen-bond donors (Lipinski definition) is 2. The van der Waals surface area contributed by atoms with Gasteiger partial charge in [-0.2, -0.15) is 0 Å². The monoisotopic (exact) mass is 248 g/mol. The Labute approximate surface area is 103 Å². The van der Waals surface area contributed by atoms with Crippen LogP contribution >= 0.6 is 0 Å². The van der Waals surface area contributed by atoms with Gasteiger partial charge in [-0.25, -0.2) is 14.6 Å². The van der Waals surface area contributed by atoms with Gasteiger partial charge in [-0.05, 0) is 25.7 Å². The first-order chi connectivity index (χ1) is 7.50. The maximum absolute atomic E-state index is 8.56. The van der Waals surface area contributed by atoms with Gasteiger partial charge in [-0.3, -0.25) is 0 Å². The molecular formula is C12H24O5. The highest BCUT2D eigenvalue weighted by molar-refractivity contribution is 5.53. The Hall–Kier alpha value is -1.07. The molecule has 0 unspecified atom stereocenters. The molecule has 0 aromatic rings. The smallest absolute Gasteiger partial charge is 0.450 e. The minimum Gasteiger partial charge on any atom is -0.450 e. The van der Waals surface area contributed by atoms with Crippen LogP contribution in [-0.4, -0.2) is 28.6 Å². The molecule has 0 aliphatic carbocycles. The predicted octanol–water partition coefficient (Wildman–Crippen LogP) is 3.56. The Balaban J connectivity index is 0. The van der Waals surface area contributed by atoms with Crippen LogP contribution < -0.4 is 0 Å². The van der Waals surface area contributed by atoms with Gasteiger partial charge in [0, 0.05) is 0 Å². The fourth-order valence-corrected chi connectivity index (χ4v) is 1.55. The lowest BCUT2D eigenvalue weighted by atomic mass is 9.84. The second-order valence-corrected chi connectivity index (χ2v) is 5.44. The molecule has 0 radical (unpaired) electrons. The zero-order valence-corrected chi connectivity index (χ0v) is 11.3. The Morgan fingerprint density at radius 3 is 1.94 bits per heavy atom. The van der Waals surface area contributed by atoms with E-state index in [0.717, 1.165) is 6.42 Å². The van der Waals surface area contributed by atoms with Crippen molar-refractivity contribution in [2.24, 2.45) is 5.41 Å². The molecule has 0 aromatic heterocycles. The van der Waals surface area contributed by atoms with Crippen LogP contribution in [0.2, 0.25) is 0 Å². The topological polar surface area (TPSA) is 76.0 Å². The Morgan fingerprint density at radius 1 is 1.24 bits per heavy atom. The van der Waals surface area contributed by atoms with E-state index >= 15 is 0 Å². The van der Waals surface area contributed by atoms with Crippen LogP contribution in [-0.2, 0) is 9.78 Å². The minimum absolute atomic E-state index is 0.235. The summed E-state index contributed by atoms with van der Waals surface area (Å²) >= 11 is 0. The zero-order valence-electron chi connectivity index (χ0n) is 11.3. The molecule has 0 fully saturated rings. The molecule has 0 aliphatic rings. The molecule has 5 nitrogen and oxygen atoms in total. The molecule has 0 spiro atoms. The van der Waals surface area contributed by atoms with Crippen molar-refractivity contribution in [3.05, 3.63) is 12.7 Å². The van der Waals surface area contributed by atoms with Crippen LogP contribution in [0.15, 0.2) is 12.7 Å². The zero-order chi connectivity index (χ0) is 14.1. The van der Waals surface area contributed by atoms with E-state index < -0.39 is 6.16 Å². The Kier molecular flexibility index (Phi) is 8.70. The number of rotatable bonds is 5.